The van der Waals surface area contributed by atoms with Crippen molar-refractivity contribution in [3.8, 4) is 17.0 Å². The molecule has 4 N–H and O–H groups in total. The number of hydrogen-bond donors (Lipinski definition) is 4. The Hall–Kier alpha value is -2.92. The molecule has 3 heterocycles. The molecule has 2 fully saturated rings. The summed E-state index contributed by atoms with van der Waals surface area (Å²) in [5.41, 5.74) is 0.256. The van der Waals surface area contributed by atoms with Crippen molar-refractivity contribution in [2.24, 2.45) is 0 Å². The minimum Gasteiger partial charge on any atom is -0.507 e. The number of anilines is 1. The van der Waals surface area contributed by atoms with E-state index in [1.165, 1.54) is 6.07 Å². The topological polar surface area (TPSA) is 102 Å². The van der Waals surface area contributed by atoms with Crippen LogP contribution in [-0.2, 0) is 11.0 Å². The maximum atomic E-state index is 12.9. The van der Waals surface area contributed by atoms with Gasteiger partial charge in [-0.1, -0.05) is 0 Å². The van der Waals surface area contributed by atoms with Crippen molar-refractivity contribution in [1.29, 1.82) is 0 Å². The van der Waals surface area contributed by atoms with Crippen LogP contribution in [0, 0.1) is 6.92 Å². The Bertz CT molecular complexity index is 1010. The molecule has 4 rings (SSSR count). The minimum absolute atomic E-state index is 0.0264. The van der Waals surface area contributed by atoms with E-state index in [1.807, 2.05) is 0 Å². The molecule has 1 atom stereocenters. The molecule has 0 saturated carbocycles. The van der Waals surface area contributed by atoms with Gasteiger partial charge in [0.1, 0.15) is 11.6 Å². The number of phenols is 1. The zero-order valence-electron chi connectivity index (χ0n) is 18.2. The van der Waals surface area contributed by atoms with Gasteiger partial charge in [0.15, 0.2) is 0 Å². The zero-order valence-corrected chi connectivity index (χ0v) is 18.2. The van der Waals surface area contributed by atoms with Crippen molar-refractivity contribution >= 4 is 11.7 Å². The average Bonchev–Trinajstić information content (AvgIpc) is 2.71. The van der Waals surface area contributed by atoms with Gasteiger partial charge in [0.25, 0.3) is 0 Å². The Morgan fingerprint density at radius 2 is 2.03 bits per heavy atom. The van der Waals surface area contributed by atoms with E-state index < -0.39 is 17.5 Å². The fraction of sp³-hybridized carbons (Fsp3) is 0.500. The van der Waals surface area contributed by atoms with E-state index >= 15 is 0 Å². The number of piperidine rings is 1. The lowest BCUT2D eigenvalue weighted by Crippen LogP contribution is -2.58. The van der Waals surface area contributed by atoms with E-state index in [0.717, 1.165) is 38.5 Å². The maximum Gasteiger partial charge on any atom is 0.416 e. The van der Waals surface area contributed by atoms with Crippen molar-refractivity contribution in [1.82, 2.24) is 25.7 Å². The second-order valence-electron chi connectivity index (χ2n) is 8.63. The highest BCUT2D eigenvalue weighted by molar-refractivity contribution is 5.78. The second-order valence-corrected chi connectivity index (χ2v) is 8.63. The minimum atomic E-state index is -4.53. The first-order valence-corrected chi connectivity index (χ1v) is 10.9. The quantitative estimate of drug-likeness (QED) is 0.520. The first-order valence-electron chi connectivity index (χ1n) is 10.9. The van der Waals surface area contributed by atoms with Gasteiger partial charge in [0.2, 0.25) is 5.91 Å². The Morgan fingerprint density at radius 3 is 2.67 bits per heavy atom. The molecule has 2 saturated heterocycles. The number of aryl methyl sites for hydroxylation is 1. The molecule has 33 heavy (non-hydrogen) atoms. The molecule has 0 aliphatic carbocycles. The van der Waals surface area contributed by atoms with Gasteiger partial charge in [0.05, 0.1) is 23.8 Å². The van der Waals surface area contributed by atoms with Crippen molar-refractivity contribution in [3.63, 3.8) is 0 Å². The molecular formula is C22H27F3N6O2. The number of rotatable bonds is 6. The first-order chi connectivity index (χ1) is 15.7. The monoisotopic (exact) mass is 464 g/mol. The third kappa shape index (κ3) is 5.72. The van der Waals surface area contributed by atoms with Crippen molar-refractivity contribution < 1.29 is 23.1 Å². The zero-order chi connectivity index (χ0) is 23.6. The number of carbonyl (C=O) groups excluding carboxylic acids is 1. The van der Waals surface area contributed by atoms with Crippen LogP contribution in [0.1, 0.15) is 24.0 Å². The Morgan fingerprint density at radius 1 is 1.24 bits per heavy atom. The van der Waals surface area contributed by atoms with Crippen LogP contribution < -0.4 is 16.0 Å². The van der Waals surface area contributed by atoms with E-state index in [1.54, 1.807) is 13.0 Å². The third-order valence-electron chi connectivity index (χ3n) is 5.94. The number of aromatic nitrogens is 2. The summed E-state index contributed by atoms with van der Waals surface area (Å²) in [4.78, 5) is 14.3. The van der Waals surface area contributed by atoms with Crippen LogP contribution in [-0.4, -0.2) is 70.9 Å². The van der Waals surface area contributed by atoms with Crippen LogP contribution in [0.15, 0.2) is 24.3 Å². The summed E-state index contributed by atoms with van der Waals surface area (Å²) in [5.74, 6) is 0.0693. The number of aromatic hydroxyl groups is 1. The smallest absolute Gasteiger partial charge is 0.416 e. The molecule has 2 aliphatic rings. The number of phenolic OH excluding ortho intramolecular Hbond substituents is 1. The van der Waals surface area contributed by atoms with Gasteiger partial charge in [-0.25, -0.2) is 0 Å². The van der Waals surface area contributed by atoms with E-state index in [4.69, 9.17) is 0 Å². The number of halogens is 3. The number of likely N-dealkylation sites (tertiary alicyclic amines) is 1. The molecule has 1 amide bonds. The van der Waals surface area contributed by atoms with Crippen molar-refractivity contribution in [3.05, 3.63) is 35.4 Å². The molecule has 178 valence electrons. The molecule has 2 aromatic rings. The molecule has 0 radical (unpaired) electrons. The van der Waals surface area contributed by atoms with Crippen LogP contribution in [0.25, 0.3) is 11.3 Å². The van der Waals surface area contributed by atoms with Gasteiger partial charge in [-0.15, -0.1) is 10.2 Å². The predicted molar refractivity (Wildman–Crippen MR) is 117 cm³/mol. The maximum absolute atomic E-state index is 12.9. The summed E-state index contributed by atoms with van der Waals surface area (Å²) in [6.45, 7) is 5.29. The Balaban J connectivity index is 1.38. The van der Waals surface area contributed by atoms with Crippen molar-refractivity contribution in [2.45, 2.75) is 38.0 Å². The fourth-order valence-electron chi connectivity index (χ4n) is 4.12. The van der Waals surface area contributed by atoms with Gasteiger partial charge in [0, 0.05) is 31.2 Å². The summed E-state index contributed by atoms with van der Waals surface area (Å²) in [6.07, 6.45) is -2.67. The summed E-state index contributed by atoms with van der Waals surface area (Å²) in [6, 6.07) is 4.88. The lowest BCUT2D eigenvalue weighted by Gasteiger charge is -2.34. The number of alkyl halides is 3. The number of carbonyl (C=O) groups is 1. The molecule has 0 spiro atoms. The highest BCUT2D eigenvalue weighted by atomic mass is 19.4. The second kappa shape index (κ2) is 9.52. The first kappa shape index (κ1) is 23.2. The molecule has 1 aromatic heterocycles. The highest BCUT2D eigenvalue weighted by Gasteiger charge is 2.31. The van der Waals surface area contributed by atoms with Crippen LogP contribution >= 0.6 is 0 Å². The van der Waals surface area contributed by atoms with Gasteiger partial charge < -0.3 is 21.1 Å². The normalized spacial score (nSPS) is 19.7. The van der Waals surface area contributed by atoms with E-state index in [-0.39, 0.29) is 23.6 Å². The number of benzene rings is 1. The van der Waals surface area contributed by atoms with Gasteiger partial charge in [-0.05, 0) is 56.1 Å². The largest absolute Gasteiger partial charge is 0.507 e. The van der Waals surface area contributed by atoms with Gasteiger partial charge >= 0.3 is 6.18 Å². The van der Waals surface area contributed by atoms with E-state index in [0.29, 0.717) is 36.2 Å². The summed E-state index contributed by atoms with van der Waals surface area (Å²) >= 11 is 0. The van der Waals surface area contributed by atoms with Crippen LogP contribution in [0.4, 0.5) is 19.0 Å². The Kier molecular flexibility index (Phi) is 6.71. The summed E-state index contributed by atoms with van der Waals surface area (Å²) in [7, 11) is 0. The number of amides is 1. The fourth-order valence-corrected chi connectivity index (χ4v) is 4.12. The van der Waals surface area contributed by atoms with Crippen LogP contribution in [0.3, 0.4) is 0 Å². The van der Waals surface area contributed by atoms with Crippen LogP contribution in [0.5, 0.6) is 5.75 Å². The molecular weight excluding hydrogens is 437 g/mol. The predicted octanol–water partition coefficient (Wildman–Crippen LogP) is 2.14. The number of hydrogen-bond acceptors (Lipinski definition) is 7. The van der Waals surface area contributed by atoms with E-state index in [9.17, 15) is 23.1 Å². The number of nitrogens with one attached hydrogen (secondary N) is 3. The molecule has 2 aliphatic heterocycles. The van der Waals surface area contributed by atoms with Gasteiger partial charge in [-0.3, -0.25) is 9.69 Å². The molecule has 8 nitrogen and oxygen atoms in total. The molecule has 11 heteroatoms. The lowest BCUT2D eigenvalue weighted by atomic mass is 10.0. The highest BCUT2D eigenvalue weighted by Crippen LogP contribution is 2.36. The Labute approximate surface area is 189 Å². The van der Waals surface area contributed by atoms with Crippen molar-refractivity contribution in [2.75, 3.05) is 38.0 Å². The molecule has 0 unspecified atom stereocenters. The SMILES string of the molecule is Cc1cc(N[C@@H]2CCCN(CC(=O)NC3CNC3)C2)nnc1-c1ccc(C(F)(F)F)cc1O. The summed E-state index contributed by atoms with van der Waals surface area (Å²) < 4.78 is 38.6. The third-order valence-corrected chi connectivity index (χ3v) is 5.94. The van der Waals surface area contributed by atoms with Crippen LogP contribution in [0.2, 0.25) is 0 Å². The van der Waals surface area contributed by atoms with Gasteiger partial charge in [-0.2, -0.15) is 13.2 Å². The average molecular weight is 464 g/mol. The molecule has 0 bridgehead atoms. The number of nitrogens with zero attached hydrogens (tertiary/aromatic N) is 3. The summed E-state index contributed by atoms with van der Waals surface area (Å²) in [5, 5.41) is 27.9. The van der Waals surface area contributed by atoms with E-state index in [2.05, 4.69) is 31.0 Å². The standard InChI is InChI=1S/C22H27F3N6O2/c1-13-7-19(29-30-21(13)17-5-4-14(8-18(17)32)22(23,24)25)27-15-3-2-6-31(11-15)12-20(33)28-16-9-26-10-16/h4-5,7-8,15-16,26,32H,2-3,6,9-12H2,1H3,(H,27,29)(H,28,33)/t15-/m1/s1. The molecule has 1 aromatic carbocycles. The lowest BCUT2D eigenvalue weighted by molar-refractivity contribution is -0.137.